The molecule has 0 saturated carbocycles. The van der Waals surface area contributed by atoms with E-state index in [2.05, 4.69) is 28.4 Å². The van der Waals surface area contributed by atoms with Crippen molar-refractivity contribution >= 4 is 33.4 Å². The third kappa shape index (κ3) is 3.66. The molecule has 27 heavy (non-hydrogen) atoms. The summed E-state index contributed by atoms with van der Waals surface area (Å²) < 4.78 is 6.78. The summed E-state index contributed by atoms with van der Waals surface area (Å²) in [5.74, 6) is 0. The van der Waals surface area contributed by atoms with Gasteiger partial charge in [0.1, 0.15) is 15.9 Å². The van der Waals surface area contributed by atoms with Crippen molar-refractivity contribution in [1.29, 1.82) is 0 Å². The summed E-state index contributed by atoms with van der Waals surface area (Å²) >= 11 is 7.17. The number of hydrogen-bond acceptors (Lipinski definition) is 4. The van der Waals surface area contributed by atoms with Gasteiger partial charge in [0.25, 0.3) is 5.56 Å². The molecule has 0 N–H and O–H groups in total. The summed E-state index contributed by atoms with van der Waals surface area (Å²) in [6.07, 6.45) is 3.44. The molecule has 0 aliphatic heterocycles. The Morgan fingerprint density at radius 1 is 1.11 bits per heavy atom. The Hall–Kier alpha value is -2.50. The normalized spacial score (nSPS) is 12.4. The SMILES string of the molecule is C[C@@H](CCc1ccccc1)n1cnc2c(-c3ccc(Cl)cc3)nsc2c1=O. The predicted molar refractivity (Wildman–Crippen MR) is 112 cm³/mol. The van der Waals surface area contributed by atoms with E-state index < -0.39 is 0 Å². The van der Waals surface area contributed by atoms with Gasteiger partial charge < -0.3 is 0 Å². The van der Waals surface area contributed by atoms with Crippen LogP contribution in [0, 0.1) is 0 Å². The van der Waals surface area contributed by atoms with Gasteiger partial charge in [-0.25, -0.2) is 4.98 Å². The first-order valence-corrected chi connectivity index (χ1v) is 9.95. The fraction of sp³-hybridized carbons (Fsp3) is 0.190. The lowest BCUT2D eigenvalue weighted by Crippen LogP contribution is -2.23. The van der Waals surface area contributed by atoms with Crippen molar-refractivity contribution in [3.8, 4) is 11.3 Å². The second kappa shape index (κ2) is 7.62. The highest BCUT2D eigenvalue weighted by Gasteiger charge is 2.16. The van der Waals surface area contributed by atoms with Crippen molar-refractivity contribution < 1.29 is 0 Å². The summed E-state index contributed by atoms with van der Waals surface area (Å²) in [6.45, 7) is 2.05. The fourth-order valence-electron chi connectivity index (χ4n) is 3.11. The molecule has 0 amide bonds. The maximum Gasteiger partial charge on any atom is 0.273 e. The molecule has 0 saturated heterocycles. The highest BCUT2D eigenvalue weighted by atomic mass is 35.5. The molecule has 2 heterocycles. The summed E-state index contributed by atoms with van der Waals surface area (Å²) in [4.78, 5) is 17.5. The molecule has 4 aromatic rings. The number of halogens is 1. The molecule has 0 radical (unpaired) electrons. The molecule has 0 unspecified atom stereocenters. The van der Waals surface area contributed by atoms with E-state index in [1.54, 1.807) is 10.9 Å². The number of fused-ring (bicyclic) bond motifs is 1. The lowest BCUT2D eigenvalue weighted by Gasteiger charge is -2.14. The molecular formula is C21H18ClN3OS. The minimum Gasteiger partial charge on any atom is -0.295 e. The number of rotatable bonds is 5. The molecule has 6 heteroatoms. The van der Waals surface area contributed by atoms with Gasteiger partial charge in [0.05, 0.1) is 6.33 Å². The van der Waals surface area contributed by atoms with Crippen molar-refractivity contribution in [3.63, 3.8) is 0 Å². The number of hydrogen-bond donors (Lipinski definition) is 0. The minimum absolute atomic E-state index is 0.0294. The van der Waals surface area contributed by atoms with Crippen molar-refractivity contribution in [2.45, 2.75) is 25.8 Å². The molecule has 0 spiro atoms. The zero-order chi connectivity index (χ0) is 18.8. The van der Waals surface area contributed by atoms with Crippen LogP contribution < -0.4 is 5.56 Å². The van der Waals surface area contributed by atoms with Crippen LogP contribution in [0.5, 0.6) is 0 Å². The maximum absolute atomic E-state index is 13.0. The average Bonchev–Trinajstić information content (AvgIpc) is 3.13. The van der Waals surface area contributed by atoms with Gasteiger partial charge >= 0.3 is 0 Å². The quantitative estimate of drug-likeness (QED) is 0.456. The lowest BCUT2D eigenvalue weighted by atomic mass is 10.1. The Kier molecular flexibility index (Phi) is 5.05. The summed E-state index contributed by atoms with van der Waals surface area (Å²) in [5.41, 5.74) is 3.53. The van der Waals surface area contributed by atoms with Crippen LogP contribution in [-0.4, -0.2) is 13.9 Å². The van der Waals surface area contributed by atoms with E-state index in [1.165, 1.54) is 17.1 Å². The molecule has 2 aromatic heterocycles. The first kappa shape index (κ1) is 17.9. The topological polar surface area (TPSA) is 47.8 Å². The van der Waals surface area contributed by atoms with Crippen LogP contribution >= 0.6 is 23.1 Å². The number of nitrogens with zero attached hydrogens (tertiary/aromatic N) is 3. The van der Waals surface area contributed by atoms with E-state index >= 15 is 0 Å². The summed E-state index contributed by atoms with van der Waals surface area (Å²) in [6, 6.07) is 17.8. The highest BCUT2D eigenvalue weighted by molar-refractivity contribution is 7.13. The highest BCUT2D eigenvalue weighted by Crippen LogP contribution is 2.28. The Morgan fingerprint density at radius 2 is 1.85 bits per heavy atom. The number of aryl methyl sites for hydroxylation is 1. The van der Waals surface area contributed by atoms with E-state index in [0.29, 0.717) is 15.2 Å². The first-order chi connectivity index (χ1) is 13.1. The van der Waals surface area contributed by atoms with E-state index in [-0.39, 0.29) is 11.6 Å². The second-order valence-corrected chi connectivity index (χ2v) is 7.76. The molecule has 0 aliphatic rings. The third-order valence-corrected chi connectivity index (χ3v) is 5.77. The summed E-state index contributed by atoms with van der Waals surface area (Å²) in [5, 5.41) is 0.667. The third-order valence-electron chi connectivity index (χ3n) is 4.69. The molecule has 0 aliphatic carbocycles. The van der Waals surface area contributed by atoms with E-state index in [1.807, 2.05) is 42.5 Å². The molecule has 2 aromatic carbocycles. The van der Waals surface area contributed by atoms with Gasteiger partial charge in [-0.3, -0.25) is 9.36 Å². The smallest absolute Gasteiger partial charge is 0.273 e. The molecule has 0 fully saturated rings. The van der Waals surface area contributed by atoms with Crippen LogP contribution in [0.1, 0.15) is 24.9 Å². The van der Waals surface area contributed by atoms with Crippen molar-refractivity contribution in [2.24, 2.45) is 0 Å². The van der Waals surface area contributed by atoms with Gasteiger partial charge in [0, 0.05) is 16.6 Å². The minimum atomic E-state index is -0.0294. The second-order valence-electron chi connectivity index (χ2n) is 6.55. The monoisotopic (exact) mass is 395 g/mol. The molecule has 0 bridgehead atoms. The van der Waals surface area contributed by atoms with Gasteiger partial charge in [0.2, 0.25) is 0 Å². The fourth-order valence-corrected chi connectivity index (χ4v) is 4.03. The Morgan fingerprint density at radius 3 is 2.59 bits per heavy atom. The van der Waals surface area contributed by atoms with Crippen molar-refractivity contribution in [3.05, 3.63) is 81.9 Å². The van der Waals surface area contributed by atoms with Gasteiger partial charge in [-0.05, 0) is 49.0 Å². The van der Waals surface area contributed by atoms with Gasteiger partial charge in [0.15, 0.2) is 0 Å². The molecule has 1 atom stereocenters. The average molecular weight is 396 g/mol. The zero-order valence-corrected chi connectivity index (χ0v) is 16.4. The maximum atomic E-state index is 13.0. The first-order valence-electron chi connectivity index (χ1n) is 8.80. The van der Waals surface area contributed by atoms with Crippen LogP contribution in [0.4, 0.5) is 0 Å². The van der Waals surface area contributed by atoms with Crippen molar-refractivity contribution in [2.75, 3.05) is 0 Å². The van der Waals surface area contributed by atoms with Crippen LogP contribution in [0.25, 0.3) is 21.5 Å². The van der Waals surface area contributed by atoms with E-state index in [9.17, 15) is 4.79 Å². The Labute approximate surface area is 166 Å². The van der Waals surface area contributed by atoms with Crippen molar-refractivity contribution in [1.82, 2.24) is 13.9 Å². The van der Waals surface area contributed by atoms with Crippen LogP contribution in [-0.2, 0) is 6.42 Å². The van der Waals surface area contributed by atoms with Gasteiger partial charge in [-0.1, -0.05) is 54.1 Å². The predicted octanol–water partition coefficient (Wildman–Crippen LogP) is 5.37. The Balaban J connectivity index is 1.63. The van der Waals surface area contributed by atoms with Gasteiger partial charge in [-0.2, -0.15) is 4.37 Å². The lowest BCUT2D eigenvalue weighted by molar-refractivity contribution is 0.490. The largest absolute Gasteiger partial charge is 0.295 e. The van der Waals surface area contributed by atoms with Crippen LogP contribution in [0.2, 0.25) is 5.02 Å². The number of benzene rings is 2. The number of aromatic nitrogens is 3. The zero-order valence-electron chi connectivity index (χ0n) is 14.8. The molecular weight excluding hydrogens is 378 g/mol. The Bertz CT molecular complexity index is 1120. The molecule has 4 rings (SSSR count). The molecule has 136 valence electrons. The summed E-state index contributed by atoms with van der Waals surface area (Å²) in [7, 11) is 0. The van der Waals surface area contributed by atoms with E-state index in [4.69, 9.17) is 11.6 Å². The standard InChI is InChI=1S/C21H18ClN3OS/c1-14(7-8-15-5-3-2-4-6-15)25-13-23-19-18(24-27-20(19)21(25)26)16-9-11-17(22)12-10-16/h2-6,9-14H,7-8H2,1H3/t14-/m0/s1. The molecule has 4 nitrogen and oxygen atoms in total. The van der Waals surface area contributed by atoms with Crippen LogP contribution in [0.3, 0.4) is 0 Å². The van der Waals surface area contributed by atoms with Gasteiger partial charge in [-0.15, -0.1) is 0 Å². The van der Waals surface area contributed by atoms with Crippen LogP contribution in [0.15, 0.2) is 65.7 Å². The van der Waals surface area contributed by atoms with E-state index in [0.717, 1.165) is 24.1 Å².